The van der Waals surface area contributed by atoms with E-state index >= 15 is 0 Å². The number of nitro groups is 1. The number of rotatable bonds is 3. The van der Waals surface area contributed by atoms with Gasteiger partial charge >= 0.3 is 0 Å². The SMILES string of the molecule is CC(C)(C)c1nc2c(c(=O)[nH]1)CN(Cc1c[nH]c3cccc([N+](=O)[O-])c13)CC2. The van der Waals surface area contributed by atoms with Gasteiger partial charge in [-0.05, 0) is 11.6 Å². The van der Waals surface area contributed by atoms with Gasteiger partial charge in [-0.25, -0.2) is 4.98 Å². The molecule has 0 spiro atoms. The highest BCUT2D eigenvalue weighted by molar-refractivity contribution is 5.91. The van der Waals surface area contributed by atoms with Crippen molar-refractivity contribution in [2.75, 3.05) is 6.54 Å². The summed E-state index contributed by atoms with van der Waals surface area (Å²) < 4.78 is 0. The molecule has 0 fully saturated rings. The summed E-state index contributed by atoms with van der Waals surface area (Å²) >= 11 is 0. The van der Waals surface area contributed by atoms with Crippen molar-refractivity contribution < 1.29 is 4.92 Å². The second kappa shape index (κ2) is 6.56. The maximum absolute atomic E-state index is 12.6. The third-order valence-corrected chi connectivity index (χ3v) is 5.21. The van der Waals surface area contributed by atoms with Crippen molar-refractivity contribution in [3.8, 4) is 0 Å². The Bertz CT molecular complexity index is 1120. The number of fused-ring (bicyclic) bond motifs is 2. The average molecular weight is 381 g/mol. The molecule has 2 N–H and O–H groups in total. The maximum atomic E-state index is 12.6. The molecule has 8 nitrogen and oxygen atoms in total. The van der Waals surface area contributed by atoms with Crippen molar-refractivity contribution >= 4 is 16.6 Å². The summed E-state index contributed by atoms with van der Waals surface area (Å²) in [5.74, 6) is 0.706. The van der Waals surface area contributed by atoms with Crippen LogP contribution in [0.1, 0.15) is 43.4 Å². The highest BCUT2D eigenvalue weighted by atomic mass is 16.6. The van der Waals surface area contributed by atoms with E-state index < -0.39 is 0 Å². The van der Waals surface area contributed by atoms with E-state index in [2.05, 4.69) is 19.9 Å². The van der Waals surface area contributed by atoms with Gasteiger partial charge in [0, 0.05) is 43.7 Å². The van der Waals surface area contributed by atoms with Gasteiger partial charge in [0.1, 0.15) is 5.82 Å². The summed E-state index contributed by atoms with van der Waals surface area (Å²) in [5.41, 5.74) is 2.94. The number of H-pyrrole nitrogens is 2. The third kappa shape index (κ3) is 3.20. The van der Waals surface area contributed by atoms with E-state index in [-0.39, 0.29) is 21.6 Å². The fourth-order valence-corrected chi connectivity index (χ4v) is 3.72. The molecular formula is C20H23N5O3. The van der Waals surface area contributed by atoms with Gasteiger partial charge in [-0.2, -0.15) is 0 Å². The molecule has 0 saturated carbocycles. The van der Waals surface area contributed by atoms with Gasteiger partial charge in [0.2, 0.25) is 0 Å². The molecule has 0 saturated heterocycles. The second-order valence-corrected chi connectivity index (χ2v) is 8.32. The molecule has 8 heteroatoms. The highest BCUT2D eigenvalue weighted by Crippen LogP contribution is 2.30. The van der Waals surface area contributed by atoms with Gasteiger partial charge in [0.15, 0.2) is 0 Å². The molecule has 0 radical (unpaired) electrons. The number of hydrogen-bond acceptors (Lipinski definition) is 5. The van der Waals surface area contributed by atoms with E-state index in [1.807, 2.05) is 33.0 Å². The lowest BCUT2D eigenvalue weighted by atomic mass is 9.95. The molecule has 0 bridgehead atoms. The molecule has 3 aromatic rings. The largest absolute Gasteiger partial charge is 0.361 e. The van der Waals surface area contributed by atoms with Gasteiger partial charge in [-0.3, -0.25) is 19.8 Å². The quantitative estimate of drug-likeness (QED) is 0.535. The van der Waals surface area contributed by atoms with Crippen LogP contribution in [0.25, 0.3) is 10.9 Å². The standard InChI is InChI=1S/C20H23N5O3/c1-20(2,3)19-22-14-7-8-24(11-13(14)18(26)23-19)10-12-9-21-15-5-4-6-16(17(12)15)25(27)28/h4-6,9,21H,7-8,10-11H2,1-3H3,(H,22,23,26). The van der Waals surface area contributed by atoms with E-state index in [0.717, 1.165) is 23.3 Å². The average Bonchev–Trinajstić information content (AvgIpc) is 3.04. The summed E-state index contributed by atoms with van der Waals surface area (Å²) in [6, 6.07) is 5.03. The maximum Gasteiger partial charge on any atom is 0.279 e. The first-order valence-electron chi connectivity index (χ1n) is 9.32. The van der Waals surface area contributed by atoms with Crippen molar-refractivity contribution in [1.29, 1.82) is 0 Å². The van der Waals surface area contributed by atoms with Crippen LogP contribution in [0.3, 0.4) is 0 Å². The molecule has 4 rings (SSSR count). The van der Waals surface area contributed by atoms with Crippen LogP contribution < -0.4 is 5.56 Å². The molecule has 1 aliphatic rings. The van der Waals surface area contributed by atoms with Crippen molar-refractivity contribution in [2.24, 2.45) is 0 Å². The summed E-state index contributed by atoms with van der Waals surface area (Å²) in [7, 11) is 0. The molecule has 1 aliphatic heterocycles. The number of aromatic amines is 2. The smallest absolute Gasteiger partial charge is 0.279 e. The minimum absolute atomic E-state index is 0.0930. The van der Waals surface area contributed by atoms with Crippen molar-refractivity contribution in [1.82, 2.24) is 19.9 Å². The first kappa shape index (κ1) is 18.4. The zero-order valence-corrected chi connectivity index (χ0v) is 16.2. The number of nitro benzene ring substituents is 1. The van der Waals surface area contributed by atoms with E-state index in [1.54, 1.807) is 6.07 Å². The van der Waals surface area contributed by atoms with Crippen LogP contribution in [0.4, 0.5) is 5.69 Å². The number of non-ortho nitro benzene ring substituents is 1. The monoisotopic (exact) mass is 381 g/mol. The molecule has 2 aromatic heterocycles. The molecule has 0 unspecified atom stereocenters. The Morgan fingerprint density at radius 2 is 2.11 bits per heavy atom. The van der Waals surface area contributed by atoms with Gasteiger partial charge in [-0.1, -0.05) is 26.8 Å². The normalized spacial score (nSPS) is 15.0. The van der Waals surface area contributed by atoms with Crippen molar-refractivity contribution in [3.05, 3.63) is 67.5 Å². The predicted octanol–water partition coefficient (Wildman–Crippen LogP) is 3.02. The number of benzene rings is 1. The molecule has 0 amide bonds. The Morgan fingerprint density at radius 3 is 2.82 bits per heavy atom. The van der Waals surface area contributed by atoms with E-state index in [9.17, 15) is 14.9 Å². The topological polar surface area (TPSA) is 108 Å². The first-order valence-corrected chi connectivity index (χ1v) is 9.32. The van der Waals surface area contributed by atoms with Crippen LogP contribution in [0.5, 0.6) is 0 Å². The molecule has 28 heavy (non-hydrogen) atoms. The van der Waals surface area contributed by atoms with Gasteiger partial charge < -0.3 is 9.97 Å². The fourth-order valence-electron chi connectivity index (χ4n) is 3.72. The minimum Gasteiger partial charge on any atom is -0.361 e. The Morgan fingerprint density at radius 1 is 1.32 bits per heavy atom. The lowest BCUT2D eigenvalue weighted by Crippen LogP contribution is -2.37. The highest BCUT2D eigenvalue weighted by Gasteiger charge is 2.26. The second-order valence-electron chi connectivity index (χ2n) is 8.32. The van der Waals surface area contributed by atoms with Gasteiger partial charge in [0.25, 0.3) is 11.2 Å². The first-order chi connectivity index (χ1) is 13.2. The van der Waals surface area contributed by atoms with Crippen LogP contribution in [0.2, 0.25) is 0 Å². The summed E-state index contributed by atoms with van der Waals surface area (Å²) in [6.45, 7) is 7.84. The Balaban J connectivity index is 1.64. The third-order valence-electron chi connectivity index (χ3n) is 5.21. The number of nitrogens with zero attached hydrogens (tertiary/aromatic N) is 3. The van der Waals surface area contributed by atoms with E-state index in [1.165, 1.54) is 6.07 Å². The summed E-state index contributed by atoms with van der Waals surface area (Å²) in [5, 5.41) is 12.0. The van der Waals surface area contributed by atoms with Gasteiger partial charge in [0.05, 0.1) is 27.1 Å². The Kier molecular flexibility index (Phi) is 4.30. The van der Waals surface area contributed by atoms with E-state index in [4.69, 9.17) is 0 Å². The van der Waals surface area contributed by atoms with Gasteiger partial charge in [-0.15, -0.1) is 0 Å². The lowest BCUT2D eigenvalue weighted by Gasteiger charge is -2.28. The number of hydrogen-bond donors (Lipinski definition) is 2. The lowest BCUT2D eigenvalue weighted by molar-refractivity contribution is -0.383. The molecular weight excluding hydrogens is 358 g/mol. The summed E-state index contributed by atoms with van der Waals surface area (Å²) in [6.07, 6.45) is 2.51. The molecule has 146 valence electrons. The molecule has 1 aromatic carbocycles. The van der Waals surface area contributed by atoms with Crippen LogP contribution in [0, 0.1) is 10.1 Å². The summed E-state index contributed by atoms with van der Waals surface area (Å²) in [4.78, 5) is 36.5. The van der Waals surface area contributed by atoms with Crippen molar-refractivity contribution in [2.45, 2.75) is 45.7 Å². The minimum atomic E-state index is -0.353. The van der Waals surface area contributed by atoms with Crippen LogP contribution >= 0.6 is 0 Å². The molecule has 0 aliphatic carbocycles. The predicted molar refractivity (Wildman–Crippen MR) is 106 cm³/mol. The van der Waals surface area contributed by atoms with Crippen LogP contribution in [0.15, 0.2) is 29.2 Å². The molecule has 0 atom stereocenters. The molecule has 3 heterocycles. The Labute approximate surface area is 161 Å². The zero-order chi connectivity index (χ0) is 20.1. The number of aromatic nitrogens is 3. The van der Waals surface area contributed by atoms with E-state index in [0.29, 0.717) is 36.3 Å². The Hall–Kier alpha value is -3.00. The van der Waals surface area contributed by atoms with Crippen LogP contribution in [-0.4, -0.2) is 31.3 Å². The van der Waals surface area contributed by atoms with Crippen LogP contribution in [-0.2, 0) is 24.9 Å². The zero-order valence-electron chi connectivity index (χ0n) is 16.2. The van der Waals surface area contributed by atoms with Crippen molar-refractivity contribution in [3.63, 3.8) is 0 Å². The number of nitrogens with one attached hydrogen (secondary N) is 2. The fraction of sp³-hybridized carbons (Fsp3) is 0.400.